The van der Waals surface area contributed by atoms with Gasteiger partial charge in [-0.05, 0) is 6.92 Å². The van der Waals surface area contributed by atoms with Gasteiger partial charge >= 0.3 is 0 Å². The summed E-state index contributed by atoms with van der Waals surface area (Å²) in [5, 5.41) is 19.0. The van der Waals surface area contributed by atoms with Crippen LogP contribution in [0.2, 0.25) is 0 Å². The van der Waals surface area contributed by atoms with E-state index in [9.17, 15) is 0 Å². The lowest BCUT2D eigenvalue weighted by Gasteiger charge is -2.04. The molecule has 0 unspecified atom stereocenters. The molecule has 0 spiro atoms. The second kappa shape index (κ2) is 4.84. The first-order valence-corrected chi connectivity index (χ1v) is 5.21. The third-order valence-electron chi connectivity index (χ3n) is 2.41. The summed E-state index contributed by atoms with van der Waals surface area (Å²) in [6.07, 6.45) is 3.42. The predicted molar refractivity (Wildman–Crippen MR) is 57.2 cm³/mol. The highest BCUT2D eigenvalue weighted by Gasteiger charge is 2.03. The molecule has 7 nitrogen and oxygen atoms in total. The highest BCUT2D eigenvalue weighted by atomic mass is 15.3. The molecule has 16 heavy (non-hydrogen) atoms. The van der Waals surface area contributed by atoms with Gasteiger partial charge in [-0.2, -0.15) is 0 Å². The highest BCUT2D eigenvalue weighted by Crippen LogP contribution is 1.96. The van der Waals surface area contributed by atoms with E-state index in [2.05, 4.69) is 32.6 Å². The Kier molecular flexibility index (Phi) is 3.25. The van der Waals surface area contributed by atoms with Gasteiger partial charge in [0.15, 0.2) is 0 Å². The fraction of sp³-hybridized carbons (Fsp3) is 0.556. The topological polar surface area (TPSA) is 73.5 Å². The van der Waals surface area contributed by atoms with E-state index >= 15 is 0 Å². The van der Waals surface area contributed by atoms with Gasteiger partial charge in [-0.15, -0.1) is 20.4 Å². The van der Waals surface area contributed by atoms with Crippen LogP contribution in [0, 0.1) is 0 Å². The van der Waals surface area contributed by atoms with Crippen LogP contribution in [-0.4, -0.2) is 29.5 Å². The molecule has 2 aromatic heterocycles. The van der Waals surface area contributed by atoms with Crippen LogP contribution >= 0.6 is 0 Å². The van der Waals surface area contributed by atoms with E-state index in [1.807, 2.05) is 16.2 Å². The minimum absolute atomic E-state index is 0.674. The fourth-order valence-corrected chi connectivity index (χ4v) is 1.43. The van der Waals surface area contributed by atoms with Gasteiger partial charge in [-0.3, -0.25) is 0 Å². The Bertz CT molecular complexity index is 444. The van der Waals surface area contributed by atoms with Crippen molar-refractivity contribution < 1.29 is 0 Å². The first-order valence-electron chi connectivity index (χ1n) is 5.21. The van der Waals surface area contributed by atoms with E-state index in [0.29, 0.717) is 13.1 Å². The van der Waals surface area contributed by atoms with Gasteiger partial charge in [-0.25, -0.2) is 0 Å². The molecule has 0 aromatic carbocycles. The maximum Gasteiger partial charge on any atom is 0.146 e. The molecule has 0 fully saturated rings. The van der Waals surface area contributed by atoms with Gasteiger partial charge in [-0.1, -0.05) is 0 Å². The van der Waals surface area contributed by atoms with Crippen molar-refractivity contribution in [1.82, 2.24) is 34.8 Å². The van der Waals surface area contributed by atoms with Crippen molar-refractivity contribution >= 4 is 0 Å². The van der Waals surface area contributed by atoms with Crippen LogP contribution in [0.25, 0.3) is 0 Å². The number of nitrogens with zero attached hydrogens (tertiary/aromatic N) is 6. The maximum atomic E-state index is 4.04. The van der Waals surface area contributed by atoms with E-state index < -0.39 is 0 Å². The van der Waals surface area contributed by atoms with Gasteiger partial charge in [0.05, 0.1) is 13.1 Å². The number of aryl methyl sites for hydroxylation is 2. The zero-order chi connectivity index (χ0) is 11.4. The summed E-state index contributed by atoms with van der Waals surface area (Å²) in [6.45, 7) is 4.30. The molecular weight excluding hydrogens is 206 g/mol. The molecule has 0 amide bonds. The summed E-state index contributed by atoms with van der Waals surface area (Å²) in [5.41, 5.74) is 0. The number of nitrogens with one attached hydrogen (secondary N) is 1. The Balaban J connectivity index is 1.87. The lowest BCUT2D eigenvalue weighted by molar-refractivity contribution is 0.587. The molecule has 7 heteroatoms. The van der Waals surface area contributed by atoms with Gasteiger partial charge in [0.25, 0.3) is 0 Å². The molecule has 2 rings (SSSR count). The minimum Gasteiger partial charge on any atom is -0.320 e. The fourth-order valence-electron chi connectivity index (χ4n) is 1.43. The summed E-state index contributed by atoms with van der Waals surface area (Å²) < 4.78 is 3.89. The van der Waals surface area contributed by atoms with Crippen LogP contribution < -0.4 is 5.32 Å². The number of rotatable bonds is 5. The SMILES string of the molecule is CCn1cnnc1CNCc1nncn1C. The molecule has 0 aliphatic rings. The van der Waals surface area contributed by atoms with Crippen molar-refractivity contribution in [1.29, 1.82) is 0 Å². The molecule has 0 bridgehead atoms. The lowest BCUT2D eigenvalue weighted by Crippen LogP contribution is -2.18. The monoisotopic (exact) mass is 221 g/mol. The largest absolute Gasteiger partial charge is 0.320 e. The molecule has 0 aliphatic heterocycles. The van der Waals surface area contributed by atoms with Crippen molar-refractivity contribution in [2.45, 2.75) is 26.6 Å². The van der Waals surface area contributed by atoms with E-state index in [1.54, 1.807) is 12.7 Å². The normalized spacial score (nSPS) is 10.9. The zero-order valence-corrected chi connectivity index (χ0v) is 9.46. The van der Waals surface area contributed by atoms with Crippen LogP contribution in [0.4, 0.5) is 0 Å². The number of hydrogen-bond acceptors (Lipinski definition) is 5. The van der Waals surface area contributed by atoms with Crippen molar-refractivity contribution in [3.63, 3.8) is 0 Å². The van der Waals surface area contributed by atoms with Gasteiger partial charge in [0.1, 0.15) is 24.3 Å². The lowest BCUT2D eigenvalue weighted by atomic mass is 10.5. The van der Waals surface area contributed by atoms with Gasteiger partial charge < -0.3 is 14.5 Å². The van der Waals surface area contributed by atoms with Crippen LogP contribution in [0.3, 0.4) is 0 Å². The Hall–Kier alpha value is -1.76. The highest BCUT2D eigenvalue weighted by molar-refractivity contribution is 4.87. The molecule has 2 heterocycles. The zero-order valence-electron chi connectivity index (χ0n) is 9.46. The van der Waals surface area contributed by atoms with Crippen molar-refractivity contribution in [2.75, 3.05) is 0 Å². The molecule has 0 aliphatic carbocycles. The minimum atomic E-state index is 0.674. The average molecular weight is 221 g/mol. The summed E-state index contributed by atoms with van der Waals surface area (Å²) >= 11 is 0. The second-order valence-electron chi connectivity index (χ2n) is 3.49. The molecule has 0 saturated carbocycles. The molecule has 1 N–H and O–H groups in total. The van der Waals surface area contributed by atoms with Crippen LogP contribution in [0.15, 0.2) is 12.7 Å². The maximum absolute atomic E-state index is 4.04. The molecule has 0 saturated heterocycles. The molecule has 0 radical (unpaired) electrons. The van der Waals surface area contributed by atoms with Crippen LogP contribution in [0.1, 0.15) is 18.6 Å². The summed E-state index contributed by atoms with van der Waals surface area (Å²) in [6, 6.07) is 0. The average Bonchev–Trinajstić information content (AvgIpc) is 2.88. The van der Waals surface area contributed by atoms with E-state index in [1.165, 1.54) is 0 Å². The number of hydrogen-bond donors (Lipinski definition) is 1. The molecule has 86 valence electrons. The molecule has 2 aromatic rings. The number of aromatic nitrogens is 6. The molecular formula is C9H15N7. The predicted octanol–water partition coefficient (Wildman–Crippen LogP) is -0.284. The second-order valence-corrected chi connectivity index (χ2v) is 3.49. The molecule has 0 atom stereocenters. The smallest absolute Gasteiger partial charge is 0.146 e. The third-order valence-corrected chi connectivity index (χ3v) is 2.41. The first kappa shape index (κ1) is 10.7. The van der Waals surface area contributed by atoms with Crippen LogP contribution in [0.5, 0.6) is 0 Å². The van der Waals surface area contributed by atoms with Crippen molar-refractivity contribution in [3.05, 3.63) is 24.3 Å². The quantitative estimate of drug-likeness (QED) is 0.751. The van der Waals surface area contributed by atoms with Gasteiger partial charge in [0.2, 0.25) is 0 Å². The summed E-state index contributed by atoms with van der Waals surface area (Å²) in [5.74, 6) is 1.84. The third kappa shape index (κ3) is 2.25. The first-order chi connectivity index (χ1) is 7.81. The van der Waals surface area contributed by atoms with E-state index in [4.69, 9.17) is 0 Å². The van der Waals surface area contributed by atoms with E-state index in [0.717, 1.165) is 18.2 Å². The Morgan fingerprint density at radius 3 is 2.50 bits per heavy atom. The standard InChI is InChI=1S/C9H15N7/c1-3-16-7-12-14-9(16)5-10-4-8-13-11-6-15(8)2/h6-7,10H,3-5H2,1-2H3. The Labute approximate surface area is 93.5 Å². The summed E-state index contributed by atoms with van der Waals surface area (Å²) in [4.78, 5) is 0. The van der Waals surface area contributed by atoms with Crippen molar-refractivity contribution in [3.8, 4) is 0 Å². The Morgan fingerprint density at radius 2 is 1.81 bits per heavy atom. The van der Waals surface area contributed by atoms with E-state index in [-0.39, 0.29) is 0 Å². The van der Waals surface area contributed by atoms with Gasteiger partial charge in [0, 0.05) is 13.6 Å². The van der Waals surface area contributed by atoms with Crippen molar-refractivity contribution in [2.24, 2.45) is 7.05 Å². The van der Waals surface area contributed by atoms with Crippen LogP contribution in [-0.2, 0) is 26.7 Å². The Morgan fingerprint density at radius 1 is 1.12 bits per heavy atom. The summed E-state index contributed by atoms with van der Waals surface area (Å²) in [7, 11) is 1.92.